The van der Waals surface area contributed by atoms with Crippen molar-refractivity contribution in [2.24, 2.45) is 32.5 Å². The zero-order chi connectivity index (χ0) is 32.5. The third kappa shape index (κ3) is 9.79. The third-order valence-corrected chi connectivity index (χ3v) is 11.2. The second-order valence-electron chi connectivity index (χ2n) is 16.7. The monoisotopic (exact) mass is 596 g/mol. The van der Waals surface area contributed by atoms with Crippen molar-refractivity contribution in [3.63, 3.8) is 0 Å². The summed E-state index contributed by atoms with van der Waals surface area (Å²) in [6, 6.07) is 8.26. The van der Waals surface area contributed by atoms with E-state index in [9.17, 15) is 18.3 Å². The Morgan fingerprint density at radius 3 is 1.61 bits per heavy atom. The molecule has 3 atom stereocenters. The zero-order valence-corrected chi connectivity index (χ0v) is 29.5. The summed E-state index contributed by atoms with van der Waals surface area (Å²) in [5.41, 5.74) is -2.54. The highest BCUT2D eigenvalue weighted by molar-refractivity contribution is 7.86. The molecule has 0 spiro atoms. The van der Waals surface area contributed by atoms with Crippen LogP contribution in [0.15, 0.2) is 35.2 Å². The van der Waals surface area contributed by atoms with Crippen molar-refractivity contribution < 1.29 is 27.2 Å². The Kier molecular flexibility index (Phi) is 11.6. The van der Waals surface area contributed by atoms with Gasteiger partial charge in [-0.25, -0.2) is 0 Å². The molecule has 3 unspecified atom stereocenters. The average Bonchev–Trinajstić information content (AvgIpc) is 2.76. The summed E-state index contributed by atoms with van der Waals surface area (Å²) in [4.78, 5) is 12.0. The van der Waals surface area contributed by atoms with E-state index in [4.69, 9.17) is 8.92 Å². The van der Waals surface area contributed by atoms with Gasteiger partial charge in [0, 0.05) is 6.92 Å². The lowest BCUT2D eigenvalue weighted by Crippen LogP contribution is -2.52. The van der Waals surface area contributed by atoms with E-state index in [-0.39, 0.29) is 27.8 Å². The number of aliphatic hydroxyl groups excluding tert-OH is 1. The van der Waals surface area contributed by atoms with Crippen LogP contribution in [-0.2, 0) is 23.8 Å². The Morgan fingerprint density at radius 1 is 0.732 bits per heavy atom. The second kappa shape index (κ2) is 12.7. The topological polar surface area (TPSA) is 89.9 Å². The van der Waals surface area contributed by atoms with E-state index in [1.165, 1.54) is 6.92 Å². The smallest absolute Gasteiger partial charge is 0.302 e. The van der Waals surface area contributed by atoms with Crippen molar-refractivity contribution >= 4 is 16.1 Å². The van der Waals surface area contributed by atoms with Gasteiger partial charge in [0.2, 0.25) is 0 Å². The molecule has 0 bridgehead atoms. The molecule has 1 aromatic carbocycles. The number of hydrogen-bond acceptors (Lipinski definition) is 6. The van der Waals surface area contributed by atoms with Crippen LogP contribution < -0.4 is 0 Å². The summed E-state index contributed by atoms with van der Waals surface area (Å²) in [6.07, 6.45) is -0.102. The van der Waals surface area contributed by atoms with Gasteiger partial charge in [-0.3, -0.25) is 8.98 Å². The van der Waals surface area contributed by atoms with Gasteiger partial charge in [0.15, 0.2) is 0 Å². The van der Waals surface area contributed by atoms with E-state index in [0.29, 0.717) is 19.3 Å². The number of hydrogen-bond donors (Lipinski definition) is 1. The number of carbonyl (C=O) groups excluding carboxylic acids is 1. The Bertz CT molecular complexity index is 1100. The largest absolute Gasteiger partial charge is 0.462 e. The molecule has 6 nitrogen and oxygen atoms in total. The van der Waals surface area contributed by atoms with Gasteiger partial charge in [0.25, 0.3) is 10.1 Å². The van der Waals surface area contributed by atoms with E-state index >= 15 is 0 Å². The predicted octanol–water partition coefficient (Wildman–Crippen LogP) is 8.42. The first kappa shape index (κ1) is 37.6. The van der Waals surface area contributed by atoms with Crippen molar-refractivity contribution in [2.75, 3.05) is 0 Å². The van der Waals surface area contributed by atoms with E-state index in [1.54, 1.807) is 30.3 Å². The molecule has 0 aliphatic carbocycles. The first-order chi connectivity index (χ1) is 18.1. The molecule has 1 rings (SSSR count). The molecule has 0 saturated carbocycles. The fourth-order valence-corrected chi connectivity index (χ4v) is 6.32. The number of carbonyl (C=O) groups is 1. The number of esters is 1. The molecule has 7 heteroatoms. The van der Waals surface area contributed by atoms with Gasteiger partial charge in [-0.05, 0) is 63.9 Å². The molecule has 1 N–H and O–H groups in total. The fourth-order valence-electron chi connectivity index (χ4n) is 5.10. The van der Waals surface area contributed by atoms with Crippen LogP contribution in [0.25, 0.3) is 0 Å². The van der Waals surface area contributed by atoms with E-state index in [1.807, 2.05) is 13.8 Å². The van der Waals surface area contributed by atoms with Crippen molar-refractivity contribution in [3.8, 4) is 0 Å². The van der Waals surface area contributed by atoms with Crippen LogP contribution in [0.2, 0.25) is 0 Å². The third-order valence-electron chi connectivity index (χ3n) is 9.87. The zero-order valence-electron chi connectivity index (χ0n) is 28.6. The molecular weight excluding hydrogens is 536 g/mol. The predicted molar refractivity (Wildman–Crippen MR) is 168 cm³/mol. The second-order valence-corrected chi connectivity index (χ2v) is 18.3. The van der Waals surface area contributed by atoms with Crippen LogP contribution in [0, 0.1) is 32.5 Å². The first-order valence-electron chi connectivity index (χ1n) is 14.9. The fraction of sp³-hybridized carbons (Fsp3) is 0.794. The number of rotatable bonds is 13. The molecular formula is C34H60O6S. The molecule has 0 saturated heterocycles. The van der Waals surface area contributed by atoms with Crippen LogP contribution >= 0.6 is 0 Å². The van der Waals surface area contributed by atoms with Crippen molar-refractivity contribution in [3.05, 3.63) is 30.3 Å². The van der Waals surface area contributed by atoms with Gasteiger partial charge >= 0.3 is 5.97 Å². The van der Waals surface area contributed by atoms with E-state index in [0.717, 1.165) is 0 Å². The molecule has 0 aliphatic rings. The SMILES string of the molecule is CC(=O)OC(CC(C)(C)C(C)(C)C(O)CC(C)(C)C(C)(C)C(CC(C)(C)C)OS(=O)(=O)c1ccccc1)C(C)(C)C. The summed E-state index contributed by atoms with van der Waals surface area (Å²) in [5.74, 6) is -0.308. The average molecular weight is 597 g/mol. The summed E-state index contributed by atoms with van der Waals surface area (Å²) < 4.78 is 38.5. The Hall–Kier alpha value is -1.44. The van der Waals surface area contributed by atoms with E-state index < -0.39 is 44.0 Å². The minimum absolute atomic E-state index is 0.136. The minimum atomic E-state index is -4.00. The highest BCUT2D eigenvalue weighted by Crippen LogP contribution is 2.54. The molecule has 0 fully saturated rings. The standard InChI is InChI=1S/C34H60O6S/c1-24(35)39-27(30(5,6)7)23-32(10,11)33(12,13)26(36)21-31(8,9)34(14,15)28(22-29(2,3)4)40-41(37,38)25-19-17-16-18-20-25/h16-20,26-28,36H,21-23H2,1-15H3. The summed E-state index contributed by atoms with van der Waals surface area (Å²) in [5, 5.41) is 11.9. The van der Waals surface area contributed by atoms with Crippen molar-refractivity contribution in [1.29, 1.82) is 0 Å². The molecule has 238 valence electrons. The highest BCUT2D eigenvalue weighted by Gasteiger charge is 2.52. The van der Waals surface area contributed by atoms with Crippen molar-refractivity contribution in [2.45, 2.75) is 146 Å². The molecule has 0 heterocycles. The number of ether oxygens (including phenoxy) is 1. The van der Waals surface area contributed by atoms with Crippen LogP contribution in [0.3, 0.4) is 0 Å². The Balaban J connectivity index is 3.38. The lowest BCUT2D eigenvalue weighted by molar-refractivity contribution is -0.159. The Morgan fingerprint density at radius 2 is 1.20 bits per heavy atom. The van der Waals surface area contributed by atoms with Gasteiger partial charge in [-0.15, -0.1) is 0 Å². The number of benzene rings is 1. The first-order valence-corrected chi connectivity index (χ1v) is 16.3. The maximum atomic E-state index is 13.4. The Labute approximate surface area is 252 Å². The number of aliphatic hydroxyl groups is 1. The van der Waals surface area contributed by atoms with Crippen molar-refractivity contribution in [1.82, 2.24) is 0 Å². The maximum Gasteiger partial charge on any atom is 0.302 e. The van der Waals surface area contributed by atoms with Crippen LogP contribution in [0.4, 0.5) is 0 Å². The lowest BCUT2D eigenvalue weighted by atomic mass is 9.55. The summed E-state index contributed by atoms with van der Waals surface area (Å²) >= 11 is 0. The summed E-state index contributed by atoms with van der Waals surface area (Å²) in [6.45, 7) is 30.5. The normalized spacial score (nSPS) is 16.7. The van der Waals surface area contributed by atoms with Gasteiger partial charge < -0.3 is 9.84 Å². The molecule has 1 aromatic rings. The molecule has 0 amide bonds. The maximum absolute atomic E-state index is 13.4. The molecule has 0 radical (unpaired) electrons. The lowest BCUT2D eigenvalue weighted by Gasteiger charge is -2.53. The van der Waals surface area contributed by atoms with Gasteiger partial charge in [-0.2, -0.15) is 8.42 Å². The molecule has 0 aliphatic heterocycles. The van der Waals surface area contributed by atoms with Crippen LogP contribution in [-0.4, -0.2) is 37.8 Å². The van der Waals surface area contributed by atoms with Gasteiger partial charge in [0.1, 0.15) is 6.10 Å². The quantitative estimate of drug-likeness (QED) is 0.182. The highest BCUT2D eigenvalue weighted by atomic mass is 32.2. The van der Waals surface area contributed by atoms with Crippen LogP contribution in [0.5, 0.6) is 0 Å². The minimum Gasteiger partial charge on any atom is -0.462 e. The van der Waals surface area contributed by atoms with Gasteiger partial charge in [0.05, 0.1) is 17.1 Å². The van der Waals surface area contributed by atoms with E-state index in [2.05, 4.69) is 83.1 Å². The summed E-state index contributed by atoms with van der Waals surface area (Å²) in [7, 11) is -4.00. The van der Waals surface area contributed by atoms with Crippen LogP contribution in [0.1, 0.15) is 123 Å². The molecule has 41 heavy (non-hydrogen) atoms. The van der Waals surface area contributed by atoms with Gasteiger partial charge in [-0.1, -0.05) is 115 Å². The molecule has 0 aromatic heterocycles.